The number of rotatable bonds is 7. The van der Waals surface area contributed by atoms with Gasteiger partial charge in [0, 0.05) is 17.7 Å². The van der Waals surface area contributed by atoms with Crippen LogP contribution in [0.25, 0.3) is 0 Å². The number of nitro benzene ring substituents is 1. The number of hydrogen-bond acceptors (Lipinski definition) is 6. The average molecular weight is 466 g/mol. The molecule has 8 nitrogen and oxygen atoms in total. The molecule has 0 saturated carbocycles. The largest absolute Gasteiger partial charge is 0.487 e. The smallest absolute Gasteiger partial charge is 0.269 e. The van der Waals surface area contributed by atoms with Crippen molar-refractivity contribution in [2.24, 2.45) is 15.3 Å². The molecule has 0 spiro atoms. The molecule has 4 rings (SSSR count). The maximum atomic E-state index is 10.7. The van der Waals surface area contributed by atoms with Gasteiger partial charge in [-0.3, -0.25) is 10.1 Å². The Kier molecular flexibility index (Phi) is 6.48. The van der Waals surface area contributed by atoms with Gasteiger partial charge in [-0.15, -0.1) is 5.11 Å². The van der Waals surface area contributed by atoms with Crippen molar-refractivity contribution >= 4 is 40.8 Å². The highest BCUT2D eigenvalue weighted by atomic mass is 35.5. The number of non-ortho nitro benzene ring substituents is 1. The summed E-state index contributed by atoms with van der Waals surface area (Å²) in [7, 11) is 0. The molecule has 3 aromatic carbocycles. The molecular weight excluding hydrogens is 450 g/mol. The zero-order chi connectivity index (χ0) is 22.5. The van der Waals surface area contributed by atoms with Crippen molar-refractivity contribution in [2.75, 3.05) is 0 Å². The molecule has 1 heterocycles. The molecule has 0 N–H and O–H groups in total. The van der Waals surface area contributed by atoms with E-state index in [9.17, 15) is 10.1 Å². The predicted molar refractivity (Wildman–Crippen MR) is 125 cm³/mol. The van der Waals surface area contributed by atoms with Crippen molar-refractivity contribution in [3.63, 3.8) is 0 Å². The van der Waals surface area contributed by atoms with Crippen LogP contribution in [0.1, 0.15) is 22.9 Å². The van der Waals surface area contributed by atoms with Gasteiger partial charge in [0.2, 0.25) is 5.11 Å². The van der Waals surface area contributed by atoms with Crippen molar-refractivity contribution < 1.29 is 9.66 Å². The second-order valence-corrected chi connectivity index (χ2v) is 7.55. The number of hydrogen-bond donors (Lipinski definition) is 0. The molecule has 10 heteroatoms. The van der Waals surface area contributed by atoms with E-state index in [0.717, 1.165) is 16.7 Å². The van der Waals surface area contributed by atoms with Gasteiger partial charge in [0.1, 0.15) is 12.4 Å². The third kappa shape index (κ3) is 4.96. The molecule has 0 fully saturated rings. The molecule has 0 bridgehead atoms. The standard InChI is InChI=1S/C22H16ClN5O3S/c23-19-12-16(8-11-20(19)31-14-15-6-9-18(10-7-15)28(29)30)13-24-27-21(25-26-22(27)32)17-4-2-1-3-5-17/h1-13,21H,14H2. The predicted octanol–water partition coefficient (Wildman–Crippen LogP) is 5.91. The van der Waals surface area contributed by atoms with E-state index in [1.54, 1.807) is 35.5 Å². The molecule has 1 aliphatic rings. The van der Waals surface area contributed by atoms with Gasteiger partial charge in [0.05, 0.1) is 16.2 Å². The highest BCUT2D eigenvalue weighted by molar-refractivity contribution is 7.80. The van der Waals surface area contributed by atoms with Gasteiger partial charge >= 0.3 is 0 Å². The van der Waals surface area contributed by atoms with E-state index < -0.39 is 11.1 Å². The van der Waals surface area contributed by atoms with E-state index in [-0.39, 0.29) is 17.4 Å². The quantitative estimate of drug-likeness (QED) is 0.187. The zero-order valence-corrected chi connectivity index (χ0v) is 18.1. The lowest BCUT2D eigenvalue weighted by atomic mass is 10.2. The van der Waals surface area contributed by atoms with Crippen LogP contribution in [0.15, 0.2) is 88.1 Å². The number of thiocarbonyl (C=S) groups is 1. The Hall–Kier alpha value is -3.69. The van der Waals surface area contributed by atoms with Gasteiger partial charge in [0.25, 0.3) is 5.69 Å². The maximum absolute atomic E-state index is 10.7. The lowest BCUT2D eigenvalue weighted by Gasteiger charge is -2.17. The Balaban J connectivity index is 1.42. The van der Waals surface area contributed by atoms with E-state index in [1.807, 2.05) is 36.4 Å². The minimum atomic E-state index is -0.444. The molecule has 0 amide bonds. The molecule has 1 aliphatic heterocycles. The fourth-order valence-corrected chi connectivity index (χ4v) is 3.40. The van der Waals surface area contributed by atoms with Crippen LogP contribution in [0.4, 0.5) is 5.69 Å². The molecule has 0 aromatic heterocycles. The SMILES string of the molecule is O=[N+]([O-])c1ccc(COc2ccc(C=NN3C(=S)N=NC3c3ccccc3)cc2Cl)cc1. The minimum Gasteiger partial charge on any atom is -0.487 e. The van der Waals surface area contributed by atoms with E-state index in [2.05, 4.69) is 15.3 Å². The van der Waals surface area contributed by atoms with E-state index >= 15 is 0 Å². The first-order chi connectivity index (χ1) is 15.5. The van der Waals surface area contributed by atoms with Crippen LogP contribution < -0.4 is 4.74 Å². The molecule has 160 valence electrons. The first-order valence-corrected chi connectivity index (χ1v) is 10.3. The van der Waals surface area contributed by atoms with Crippen molar-refractivity contribution in [2.45, 2.75) is 12.8 Å². The lowest BCUT2D eigenvalue weighted by Crippen LogP contribution is -2.21. The summed E-state index contributed by atoms with van der Waals surface area (Å²) < 4.78 is 5.74. The Morgan fingerprint density at radius 2 is 1.91 bits per heavy atom. The number of nitro groups is 1. The Morgan fingerprint density at radius 3 is 2.59 bits per heavy atom. The van der Waals surface area contributed by atoms with Gasteiger partial charge in [-0.1, -0.05) is 41.9 Å². The molecule has 1 unspecified atom stereocenters. The van der Waals surface area contributed by atoms with Crippen LogP contribution in [-0.2, 0) is 6.61 Å². The summed E-state index contributed by atoms with van der Waals surface area (Å²) in [6.45, 7) is 0.231. The van der Waals surface area contributed by atoms with Crippen molar-refractivity contribution in [3.05, 3.63) is 105 Å². The van der Waals surface area contributed by atoms with Gasteiger partial charge in [-0.05, 0) is 53.7 Å². The Morgan fingerprint density at radius 1 is 1.16 bits per heavy atom. The van der Waals surface area contributed by atoms with Gasteiger partial charge < -0.3 is 4.74 Å². The lowest BCUT2D eigenvalue weighted by molar-refractivity contribution is -0.384. The fraction of sp³-hybridized carbons (Fsp3) is 0.0909. The molecule has 0 saturated heterocycles. The Bertz CT molecular complexity index is 1200. The molecule has 32 heavy (non-hydrogen) atoms. The van der Waals surface area contributed by atoms with Crippen molar-refractivity contribution in [1.29, 1.82) is 0 Å². The summed E-state index contributed by atoms with van der Waals surface area (Å²) >= 11 is 11.6. The number of nitrogens with zero attached hydrogens (tertiary/aromatic N) is 5. The second kappa shape index (κ2) is 9.63. The summed E-state index contributed by atoms with van der Waals surface area (Å²) in [4.78, 5) is 10.3. The van der Waals surface area contributed by atoms with Crippen LogP contribution in [0.3, 0.4) is 0 Å². The second-order valence-electron chi connectivity index (χ2n) is 6.77. The van der Waals surface area contributed by atoms with Crippen molar-refractivity contribution in [3.8, 4) is 5.75 Å². The molecule has 0 aliphatic carbocycles. The minimum absolute atomic E-state index is 0.0306. The number of benzene rings is 3. The summed E-state index contributed by atoms with van der Waals surface area (Å²) in [5.41, 5.74) is 2.50. The van der Waals surface area contributed by atoms with Gasteiger partial charge in [-0.25, -0.2) is 5.01 Å². The number of hydrazone groups is 1. The monoisotopic (exact) mass is 465 g/mol. The molecule has 3 aromatic rings. The third-order valence-electron chi connectivity index (χ3n) is 4.61. The van der Waals surface area contributed by atoms with E-state index in [1.165, 1.54) is 12.1 Å². The van der Waals surface area contributed by atoms with Crippen LogP contribution in [0.5, 0.6) is 5.75 Å². The van der Waals surface area contributed by atoms with Gasteiger partial charge in [-0.2, -0.15) is 10.2 Å². The Labute approximate surface area is 194 Å². The first-order valence-electron chi connectivity index (χ1n) is 9.50. The number of halogens is 1. The summed E-state index contributed by atoms with van der Waals surface area (Å²) in [6, 6.07) is 21.1. The fourth-order valence-electron chi connectivity index (χ4n) is 2.97. The number of ether oxygens (including phenoxy) is 1. The highest BCUT2D eigenvalue weighted by Crippen LogP contribution is 2.29. The maximum Gasteiger partial charge on any atom is 0.269 e. The van der Waals surface area contributed by atoms with E-state index in [0.29, 0.717) is 10.8 Å². The van der Waals surface area contributed by atoms with Crippen LogP contribution >= 0.6 is 23.8 Å². The zero-order valence-electron chi connectivity index (χ0n) is 16.5. The topological polar surface area (TPSA) is 92.7 Å². The summed E-state index contributed by atoms with van der Waals surface area (Å²) in [6.07, 6.45) is 1.23. The third-order valence-corrected chi connectivity index (χ3v) is 5.17. The van der Waals surface area contributed by atoms with Crippen LogP contribution in [0, 0.1) is 10.1 Å². The van der Waals surface area contributed by atoms with Crippen LogP contribution in [-0.4, -0.2) is 21.3 Å². The van der Waals surface area contributed by atoms with Gasteiger partial charge in [0.15, 0.2) is 6.17 Å². The average Bonchev–Trinajstić information content (AvgIpc) is 3.18. The summed E-state index contributed by atoms with van der Waals surface area (Å²) in [5.74, 6) is 0.492. The molecule has 0 radical (unpaired) electrons. The van der Waals surface area contributed by atoms with Crippen molar-refractivity contribution in [1.82, 2.24) is 5.01 Å². The first kappa shape index (κ1) is 21.5. The highest BCUT2D eigenvalue weighted by Gasteiger charge is 2.27. The summed E-state index contributed by atoms with van der Waals surface area (Å²) in [5, 5.41) is 25.6. The molecular formula is C22H16ClN5O3S. The number of azo groups is 1. The normalized spacial score (nSPS) is 15.5. The van der Waals surface area contributed by atoms with Crippen LogP contribution in [0.2, 0.25) is 5.02 Å². The molecule has 1 atom stereocenters. The van der Waals surface area contributed by atoms with E-state index in [4.69, 9.17) is 28.6 Å².